The molecule has 2 aromatic rings. The lowest BCUT2D eigenvalue weighted by atomic mass is 10.0. The van der Waals surface area contributed by atoms with Gasteiger partial charge in [-0.15, -0.1) is 0 Å². The number of morpholine rings is 1. The SMILES string of the molecule is O=C(NCc1ccoc1)NC[C@H](c1cccc(F)c1)N1CCOCC1. The lowest BCUT2D eigenvalue weighted by molar-refractivity contribution is 0.0166. The van der Waals surface area contributed by atoms with Gasteiger partial charge in [-0.05, 0) is 23.8 Å². The van der Waals surface area contributed by atoms with Crippen LogP contribution in [0.3, 0.4) is 0 Å². The molecule has 1 aromatic carbocycles. The average Bonchev–Trinajstić information content (AvgIpc) is 3.15. The molecule has 134 valence electrons. The fourth-order valence-electron chi connectivity index (χ4n) is 2.89. The number of urea groups is 1. The normalized spacial score (nSPS) is 16.4. The van der Waals surface area contributed by atoms with Crippen molar-refractivity contribution in [1.82, 2.24) is 15.5 Å². The molecule has 0 radical (unpaired) electrons. The third kappa shape index (κ3) is 5.04. The Morgan fingerprint density at radius 3 is 2.80 bits per heavy atom. The largest absolute Gasteiger partial charge is 0.472 e. The standard InChI is InChI=1S/C18H22FN3O3/c19-16-3-1-2-15(10-16)17(22-5-8-24-9-6-22)12-21-18(23)20-11-14-4-7-25-13-14/h1-4,7,10,13,17H,5-6,8-9,11-12H2,(H2,20,21,23)/t17-/m1/s1. The average molecular weight is 347 g/mol. The van der Waals surface area contributed by atoms with Crippen molar-refractivity contribution in [3.05, 3.63) is 59.8 Å². The molecule has 1 saturated heterocycles. The van der Waals surface area contributed by atoms with Gasteiger partial charge in [0.25, 0.3) is 0 Å². The molecule has 2 heterocycles. The van der Waals surface area contributed by atoms with E-state index in [0.29, 0.717) is 26.3 Å². The molecule has 1 fully saturated rings. The van der Waals surface area contributed by atoms with Gasteiger partial charge in [-0.1, -0.05) is 12.1 Å². The number of hydrogen-bond acceptors (Lipinski definition) is 4. The molecular weight excluding hydrogens is 325 g/mol. The van der Waals surface area contributed by atoms with E-state index in [-0.39, 0.29) is 17.9 Å². The van der Waals surface area contributed by atoms with Gasteiger partial charge in [0.1, 0.15) is 5.82 Å². The summed E-state index contributed by atoms with van der Waals surface area (Å²) >= 11 is 0. The van der Waals surface area contributed by atoms with Gasteiger partial charge in [0.15, 0.2) is 0 Å². The van der Waals surface area contributed by atoms with Crippen LogP contribution < -0.4 is 10.6 Å². The van der Waals surface area contributed by atoms with Crippen LogP contribution in [0.15, 0.2) is 47.3 Å². The molecule has 7 heteroatoms. The van der Waals surface area contributed by atoms with Gasteiger partial charge in [0.2, 0.25) is 0 Å². The first-order valence-electron chi connectivity index (χ1n) is 8.32. The first kappa shape index (κ1) is 17.4. The molecule has 2 amide bonds. The molecule has 0 saturated carbocycles. The summed E-state index contributed by atoms with van der Waals surface area (Å²) in [6.45, 7) is 3.56. The predicted octanol–water partition coefficient (Wildman–Crippen LogP) is 2.29. The van der Waals surface area contributed by atoms with Gasteiger partial charge < -0.3 is 19.8 Å². The fraction of sp³-hybridized carbons (Fsp3) is 0.389. The number of furan rings is 1. The molecule has 1 aromatic heterocycles. The maximum absolute atomic E-state index is 13.6. The van der Waals surface area contributed by atoms with Crippen LogP contribution in [0.2, 0.25) is 0 Å². The smallest absolute Gasteiger partial charge is 0.315 e. The van der Waals surface area contributed by atoms with Gasteiger partial charge >= 0.3 is 6.03 Å². The maximum atomic E-state index is 13.6. The van der Waals surface area contributed by atoms with E-state index in [1.807, 2.05) is 6.07 Å². The summed E-state index contributed by atoms with van der Waals surface area (Å²) in [5.74, 6) is -0.278. The summed E-state index contributed by atoms with van der Waals surface area (Å²) < 4.78 is 24.0. The van der Waals surface area contributed by atoms with Crippen LogP contribution in [0.5, 0.6) is 0 Å². The Morgan fingerprint density at radius 2 is 2.08 bits per heavy atom. The van der Waals surface area contributed by atoms with Crippen molar-refractivity contribution < 1.29 is 18.3 Å². The zero-order valence-electron chi connectivity index (χ0n) is 13.9. The highest BCUT2D eigenvalue weighted by atomic mass is 19.1. The highest BCUT2D eigenvalue weighted by Crippen LogP contribution is 2.22. The number of nitrogens with zero attached hydrogens (tertiary/aromatic N) is 1. The van der Waals surface area contributed by atoms with Crippen molar-refractivity contribution in [2.24, 2.45) is 0 Å². The molecule has 0 spiro atoms. The number of rotatable bonds is 6. The molecule has 25 heavy (non-hydrogen) atoms. The van der Waals surface area contributed by atoms with Crippen molar-refractivity contribution in [2.75, 3.05) is 32.8 Å². The van der Waals surface area contributed by atoms with E-state index in [1.54, 1.807) is 24.7 Å². The Bertz CT molecular complexity index is 672. The second-order valence-corrected chi connectivity index (χ2v) is 5.91. The van der Waals surface area contributed by atoms with Crippen molar-refractivity contribution in [1.29, 1.82) is 0 Å². The third-order valence-electron chi connectivity index (χ3n) is 4.21. The van der Waals surface area contributed by atoms with Crippen LogP contribution in [0.1, 0.15) is 17.2 Å². The van der Waals surface area contributed by atoms with E-state index in [1.165, 1.54) is 12.1 Å². The number of nitrogens with one attached hydrogen (secondary N) is 2. The summed E-state index contributed by atoms with van der Waals surface area (Å²) in [6.07, 6.45) is 3.15. The highest BCUT2D eigenvalue weighted by Gasteiger charge is 2.23. The Balaban J connectivity index is 1.60. The molecule has 3 rings (SSSR count). The lowest BCUT2D eigenvalue weighted by Gasteiger charge is -2.34. The highest BCUT2D eigenvalue weighted by molar-refractivity contribution is 5.73. The van der Waals surface area contributed by atoms with E-state index in [4.69, 9.17) is 9.15 Å². The zero-order valence-corrected chi connectivity index (χ0v) is 13.9. The number of benzene rings is 1. The predicted molar refractivity (Wildman–Crippen MR) is 90.5 cm³/mol. The van der Waals surface area contributed by atoms with Crippen LogP contribution in [0, 0.1) is 5.82 Å². The molecular formula is C18H22FN3O3. The molecule has 0 bridgehead atoms. The number of amides is 2. The summed E-state index contributed by atoms with van der Waals surface area (Å²) in [6, 6.07) is 7.94. The van der Waals surface area contributed by atoms with Gasteiger partial charge in [-0.3, -0.25) is 4.90 Å². The quantitative estimate of drug-likeness (QED) is 0.841. The summed E-state index contributed by atoms with van der Waals surface area (Å²) in [4.78, 5) is 14.3. The van der Waals surface area contributed by atoms with E-state index < -0.39 is 0 Å². The van der Waals surface area contributed by atoms with Crippen LogP contribution in [0.25, 0.3) is 0 Å². The molecule has 1 aliphatic rings. The zero-order chi connectivity index (χ0) is 17.5. The Kier molecular flexibility index (Phi) is 6.03. The second kappa shape index (κ2) is 8.64. The van der Waals surface area contributed by atoms with Gasteiger partial charge in [0.05, 0.1) is 31.8 Å². The van der Waals surface area contributed by atoms with Crippen LogP contribution >= 0.6 is 0 Å². The fourth-order valence-corrected chi connectivity index (χ4v) is 2.89. The van der Waals surface area contributed by atoms with Gasteiger partial charge in [0, 0.05) is 31.7 Å². The minimum Gasteiger partial charge on any atom is -0.472 e. The molecule has 0 aliphatic carbocycles. The number of halogens is 1. The van der Waals surface area contributed by atoms with Crippen LogP contribution in [-0.4, -0.2) is 43.8 Å². The molecule has 6 nitrogen and oxygen atoms in total. The summed E-state index contributed by atoms with van der Waals surface area (Å²) in [5, 5.41) is 5.65. The Morgan fingerprint density at radius 1 is 1.24 bits per heavy atom. The molecule has 2 N–H and O–H groups in total. The van der Waals surface area contributed by atoms with Crippen LogP contribution in [0.4, 0.5) is 9.18 Å². The van der Waals surface area contributed by atoms with Crippen LogP contribution in [-0.2, 0) is 11.3 Å². The number of ether oxygens (including phenoxy) is 1. The molecule has 1 atom stereocenters. The van der Waals surface area contributed by atoms with Crippen molar-refractivity contribution in [3.63, 3.8) is 0 Å². The van der Waals surface area contributed by atoms with Gasteiger partial charge in [-0.2, -0.15) is 0 Å². The first-order valence-corrected chi connectivity index (χ1v) is 8.32. The topological polar surface area (TPSA) is 66.7 Å². The minimum atomic E-state index is -0.278. The number of hydrogen-bond donors (Lipinski definition) is 2. The van der Waals surface area contributed by atoms with E-state index >= 15 is 0 Å². The molecule has 0 unspecified atom stereocenters. The first-order chi connectivity index (χ1) is 12.2. The Labute approximate surface area is 145 Å². The maximum Gasteiger partial charge on any atom is 0.315 e. The van der Waals surface area contributed by atoms with E-state index in [9.17, 15) is 9.18 Å². The minimum absolute atomic E-state index is 0.0979. The van der Waals surface area contributed by atoms with E-state index in [2.05, 4.69) is 15.5 Å². The van der Waals surface area contributed by atoms with Crippen molar-refractivity contribution in [2.45, 2.75) is 12.6 Å². The van der Waals surface area contributed by atoms with Crippen molar-refractivity contribution in [3.8, 4) is 0 Å². The van der Waals surface area contributed by atoms with E-state index in [0.717, 1.165) is 24.2 Å². The second-order valence-electron chi connectivity index (χ2n) is 5.91. The molecule has 1 aliphatic heterocycles. The number of carbonyl (C=O) groups is 1. The summed E-state index contributed by atoms with van der Waals surface area (Å²) in [7, 11) is 0. The third-order valence-corrected chi connectivity index (χ3v) is 4.21. The Hall–Kier alpha value is -2.38. The van der Waals surface area contributed by atoms with Crippen molar-refractivity contribution >= 4 is 6.03 Å². The number of carbonyl (C=O) groups excluding carboxylic acids is 1. The monoisotopic (exact) mass is 347 g/mol. The van der Waals surface area contributed by atoms with Gasteiger partial charge in [-0.25, -0.2) is 9.18 Å². The summed E-state index contributed by atoms with van der Waals surface area (Å²) in [5.41, 5.74) is 1.74. The lowest BCUT2D eigenvalue weighted by Crippen LogP contribution is -2.45.